The van der Waals surface area contributed by atoms with Crippen LogP contribution >= 0.6 is 11.6 Å². The predicted octanol–water partition coefficient (Wildman–Crippen LogP) is 4.34. The molecule has 0 saturated carbocycles. The van der Waals surface area contributed by atoms with Gasteiger partial charge in [0, 0.05) is 12.6 Å². The molecule has 0 aliphatic heterocycles. The van der Waals surface area contributed by atoms with Crippen LogP contribution in [0, 0.1) is 13.8 Å². The fraction of sp³-hybridized carbons (Fsp3) is 0.235. The van der Waals surface area contributed by atoms with E-state index in [1.165, 1.54) is 5.56 Å². The lowest BCUT2D eigenvalue weighted by molar-refractivity contribution is 0.348. The molecule has 0 saturated heterocycles. The van der Waals surface area contributed by atoms with Gasteiger partial charge in [-0.25, -0.2) is 0 Å². The van der Waals surface area contributed by atoms with Gasteiger partial charge in [-0.05, 0) is 30.5 Å². The van der Waals surface area contributed by atoms with Gasteiger partial charge in [0.1, 0.15) is 0 Å². The zero-order valence-corrected chi connectivity index (χ0v) is 12.9. The fourth-order valence-electron chi connectivity index (χ4n) is 2.22. The first-order valence-electron chi connectivity index (χ1n) is 6.63. The van der Waals surface area contributed by atoms with Crippen LogP contribution in [0.15, 0.2) is 53.6 Å². The molecule has 0 amide bonds. The zero-order valence-electron chi connectivity index (χ0n) is 12.1. The van der Waals surface area contributed by atoms with E-state index in [-0.39, 0.29) is 0 Å². The average Bonchev–Trinajstić information content (AvgIpc) is 2.39. The van der Waals surface area contributed by atoms with E-state index in [9.17, 15) is 0 Å². The Kier molecular flexibility index (Phi) is 4.80. The Labute approximate surface area is 125 Å². The third-order valence-corrected chi connectivity index (χ3v) is 3.46. The van der Waals surface area contributed by atoms with Crippen molar-refractivity contribution in [3.05, 3.63) is 70.8 Å². The van der Waals surface area contributed by atoms with Crippen molar-refractivity contribution >= 4 is 16.8 Å². The lowest BCUT2D eigenvalue weighted by atomic mass is 10.0. The van der Waals surface area contributed by atoms with Crippen LogP contribution in [0.5, 0.6) is 0 Å². The molecule has 0 N–H and O–H groups in total. The molecule has 0 spiro atoms. The van der Waals surface area contributed by atoms with Crippen molar-refractivity contribution in [3.63, 3.8) is 0 Å². The summed E-state index contributed by atoms with van der Waals surface area (Å²) < 4.78 is 0. The Morgan fingerprint density at radius 2 is 1.60 bits per heavy atom. The van der Waals surface area contributed by atoms with Gasteiger partial charge in [0.2, 0.25) is 0 Å². The molecule has 0 heterocycles. The van der Waals surface area contributed by atoms with Crippen LogP contribution in [0.25, 0.3) is 0 Å². The molecular weight excluding hydrogens is 268 g/mol. The number of hydrogen-bond donors (Lipinski definition) is 0. The van der Waals surface area contributed by atoms with Crippen LogP contribution in [-0.2, 0) is 6.54 Å². The smallest absolute Gasteiger partial charge is 0.156 e. The van der Waals surface area contributed by atoms with E-state index in [0.717, 1.165) is 23.2 Å². The van der Waals surface area contributed by atoms with Gasteiger partial charge >= 0.3 is 0 Å². The molecule has 0 unspecified atom stereocenters. The van der Waals surface area contributed by atoms with Crippen molar-refractivity contribution in [2.24, 2.45) is 5.10 Å². The zero-order chi connectivity index (χ0) is 14.5. The van der Waals surface area contributed by atoms with Crippen molar-refractivity contribution in [2.45, 2.75) is 20.4 Å². The van der Waals surface area contributed by atoms with Crippen LogP contribution in [0.3, 0.4) is 0 Å². The summed E-state index contributed by atoms with van der Waals surface area (Å²) >= 11 is 6.39. The second-order valence-electron chi connectivity index (χ2n) is 4.96. The largest absolute Gasteiger partial charge is 0.294 e. The van der Waals surface area contributed by atoms with Crippen molar-refractivity contribution in [2.75, 3.05) is 7.05 Å². The van der Waals surface area contributed by atoms with E-state index in [1.807, 2.05) is 36.3 Å². The minimum atomic E-state index is 0.541. The Bertz CT molecular complexity index is 585. The molecule has 0 atom stereocenters. The summed E-state index contributed by atoms with van der Waals surface area (Å²) in [4.78, 5) is 0. The molecule has 0 fully saturated rings. The van der Waals surface area contributed by atoms with Crippen LogP contribution < -0.4 is 0 Å². The predicted molar refractivity (Wildman–Crippen MR) is 86.2 cm³/mol. The highest BCUT2D eigenvalue weighted by atomic mass is 35.5. The monoisotopic (exact) mass is 286 g/mol. The maximum absolute atomic E-state index is 6.39. The van der Waals surface area contributed by atoms with Crippen molar-refractivity contribution < 1.29 is 0 Å². The normalized spacial score (nSPS) is 11.5. The van der Waals surface area contributed by atoms with Crippen molar-refractivity contribution in [1.29, 1.82) is 0 Å². The standard InChI is InChI=1S/C17H19ClN2/c1-13-8-7-9-14(2)16(13)17(18)19-20(3)12-15-10-5-4-6-11-15/h4-11H,12H2,1-3H3/b19-17-. The minimum Gasteiger partial charge on any atom is -0.294 e. The summed E-state index contributed by atoms with van der Waals surface area (Å²) in [6.07, 6.45) is 0. The van der Waals surface area contributed by atoms with Gasteiger partial charge in [0.05, 0.1) is 6.54 Å². The van der Waals surface area contributed by atoms with Crippen LogP contribution in [-0.4, -0.2) is 17.2 Å². The molecular formula is C17H19ClN2. The molecule has 20 heavy (non-hydrogen) atoms. The Morgan fingerprint density at radius 1 is 1.00 bits per heavy atom. The van der Waals surface area contributed by atoms with Gasteiger partial charge in [0.15, 0.2) is 5.17 Å². The lowest BCUT2D eigenvalue weighted by Gasteiger charge is -2.15. The van der Waals surface area contributed by atoms with Crippen LogP contribution in [0.2, 0.25) is 0 Å². The fourth-order valence-corrected chi connectivity index (χ4v) is 2.65. The van der Waals surface area contributed by atoms with E-state index in [4.69, 9.17) is 11.6 Å². The number of nitrogens with zero attached hydrogens (tertiary/aromatic N) is 2. The second-order valence-corrected chi connectivity index (χ2v) is 5.32. The first-order valence-corrected chi connectivity index (χ1v) is 7.01. The molecule has 2 aromatic carbocycles. The Balaban J connectivity index is 2.18. The highest BCUT2D eigenvalue weighted by Crippen LogP contribution is 2.17. The molecule has 0 aliphatic carbocycles. The Hall–Kier alpha value is -1.80. The van der Waals surface area contributed by atoms with Gasteiger partial charge in [-0.3, -0.25) is 5.01 Å². The maximum atomic E-state index is 6.39. The first-order chi connectivity index (χ1) is 9.58. The molecule has 0 radical (unpaired) electrons. The molecule has 3 heteroatoms. The molecule has 2 rings (SSSR count). The summed E-state index contributed by atoms with van der Waals surface area (Å²) in [5.74, 6) is 0. The van der Waals surface area contributed by atoms with Crippen molar-refractivity contribution in [3.8, 4) is 0 Å². The molecule has 2 aromatic rings. The van der Waals surface area contributed by atoms with E-state index < -0.39 is 0 Å². The van der Waals surface area contributed by atoms with E-state index in [0.29, 0.717) is 5.17 Å². The molecule has 2 nitrogen and oxygen atoms in total. The summed E-state index contributed by atoms with van der Waals surface area (Å²) in [6, 6.07) is 16.4. The summed E-state index contributed by atoms with van der Waals surface area (Å²) in [6.45, 7) is 4.84. The summed E-state index contributed by atoms with van der Waals surface area (Å²) in [7, 11) is 1.93. The van der Waals surface area contributed by atoms with E-state index in [1.54, 1.807) is 0 Å². The molecule has 0 bridgehead atoms. The number of rotatable bonds is 4. The van der Waals surface area contributed by atoms with Gasteiger partial charge < -0.3 is 0 Å². The molecule has 0 aromatic heterocycles. The highest BCUT2D eigenvalue weighted by molar-refractivity contribution is 6.69. The number of hydrogen-bond acceptors (Lipinski definition) is 2. The van der Waals surface area contributed by atoms with Gasteiger partial charge in [-0.15, -0.1) is 0 Å². The second kappa shape index (κ2) is 6.58. The van der Waals surface area contributed by atoms with Gasteiger partial charge in [-0.1, -0.05) is 60.1 Å². The Morgan fingerprint density at radius 3 is 2.20 bits per heavy atom. The SMILES string of the molecule is Cc1cccc(C)c1/C(Cl)=N/N(C)Cc1ccccc1. The number of halogens is 1. The first kappa shape index (κ1) is 14.6. The maximum Gasteiger partial charge on any atom is 0.156 e. The molecule has 104 valence electrons. The quantitative estimate of drug-likeness (QED) is 0.603. The van der Waals surface area contributed by atoms with Gasteiger partial charge in [0.25, 0.3) is 0 Å². The summed E-state index contributed by atoms with van der Waals surface area (Å²) in [5, 5.41) is 6.88. The average molecular weight is 287 g/mol. The van der Waals surface area contributed by atoms with E-state index in [2.05, 4.69) is 43.2 Å². The topological polar surface area (TPSA) is 15.6 Å². The number of aryl methyl sites for hydroxylation is 2. The van der Waals surface area contributed by atoms with Crippen LogP contribution in [0.1, 0.15) is 22.3 Å². The summed E-state index contributed by atoms with van der Waals surface area (Å²) in [5.41, 5.74) is 4.53. The van der Waals surface area contributed by atoms with E-state index >= 15 is 0 Å². The number of benzene rings is 2. The highest BCUT2D eigenvalue weighted by Gasteiger charge is 2.08. The van der Waals surface area contributed by atoms with Crippen LogP contribution in [0.4, 0.5) is 0 Å². The lowest BCUT2D eigenvalue weighted by Crippen LogP contribution is -2.13. The number of hydrazone groups is 1. The van der Waals surface area contributed by atoms with Crippen molar-refractivity contribution in [1.82, 2.24) is 5.01 Å². The van der Waals surface area contributed by atoms with Gasteiger partial charge in [-0.2, -0.15) is 5.10 Å². The third-order valence-electron chi connectivity index (χ3n) is 3.20. The third kappa shape index (κ3) is 3.61. The molecule has 0 aliphatic rings. The minimum absolute atomic E-state index is 0.541.